The zero-order chi connectivity index (χ0) is 15.7. The number of rotatable bonds is 4. The van der Waals surface area contributed by atoms with E-state index in [1.165, 1.54) is 11.3 Å². The zero-order valence-electron chi connectivity index (χ0n) is 10.6. The summed E-state index contributed by atoms with van der Waals surface area (Å²) in [4.78, 5) is 10.9. The van der Waals surface area contributed by atoms with Gasteiger partial charge in [0.05, 0.1) is 26.0 Å². The molecule has 2 N–H and O–H groups in total. The van der Waals surface area contributed by atoms with Crippen molar-refractivity contribution in [2.24, 2.45) is 0 Å². The standard InChI is InChI=1S/C13H9Cl2F2NO2S/c1-5(6-3-11(14)21-12(6)15)18-10-2-7(13(19)20)8(16)4-9(10)17/h2-5,18H,1H3,(H,19,20). The number of thiophene rings is 1. The molecule has 0 aliphatic carbocycles. The lowest BCUT2D eigenvalue weighted by molar-refractivity contribution is 0.0692. The SMILES string of the molecule is CC(Nc1cc(C(=O)O)c(F)cc1F)c1cc(Cl)sc1Cl. The largest absolute Gasteiger partial charge is 0.478 e. The van der Waals surface area contributed by atoms with Gasteiger partial charge in [-0.15, -0.1) is 11.3 Å². The minimum Gasteiger partial charge on any atom is -0.478 e. The van der Waals surface area contributed by atoms with Crippen molar-refractivity contribution in [3.63, 3.8) is 0 Å². The summed E-state index contributed by atoms with van der Waals surface area (Å²) in [6.45, 7) is 1.70. The van der Waals surface area contributed by atoms with Crippen molar-refractivity contribution in [2.45, 2.75) is 13.0 Å². The Morgan fingerprint density at radius 3 is 2.48 bits per heavy atom. The molecule has 0 bridgehead atoms. The summed E-state index contributed by atoms with van der Waals surface area (Å²) in [5.74, 6) is -3.49. The molecule has 3 nitrogen and oxygen atoms in total. The second kappa shape index (κ2) is 6.17. The molecule has 2 rings (SSSR count). The average molecular weight is 352 g/mol. The second-order valence-corrected chi connectivity index (χ2v) is 6.55. The van der Waals surface area contributed by atoms with Crippen molar-refractivity contribution in [2.75, 3.05) is 5.32 Å². The van der Waals surface area contributed by atoms with Crippen molar-refractivity contribution in [1.29, 1.82) is 0 Å². The van der Waals surface area contributed by atoms with Crippen LogP contribution in [0.15, 0.2) is 18.2 Å². The van der Waals surface area contributed by atoms with Crippen LogP contribution in [0.2, 0.25) is 8.67 Å². The lowest BCUT2D eigenvalue weighted by Crippen LogP contribution is -2.10. The molecule has 0 aliphatic heterocycles. The Labute approximate surface area is 133 Å². The van der Waals surface area contributed by atoms with Gasteiger partial charge in [0.15, 0.2) is 0 Å². The maximum atomic E-state index is 13.7. The third-order valence-corrected chi connectivity index (χ3v) is 4.33. The van der Waals surface area contributed by atoms with Gasteiger partial charge in [0.2, 0.25) is 0 Å². The van der Waals surface area contributed by atoms with E-state index in [1.807, 2.05) is 0 Å². The molecule has 0 spiro atoms. The van der Waals surface area contributed by atoms with Crippen LogP contribution in [0.3, 0.4) is 0 Å². The van der Waals surface area contributed by atoms with E-state index in [2.05, 4.69) is 5.32 Å². The Hall–Kier alpha value is -1.37. The van der Waals surface area contributed by atoms with Gasteiger partial charge in [0.25, 0.3) is 0 Å². The monoisotopic (exact) mass is 351 g/mol. The molecule has 1 heterocycles. The van der Waals surface area contributed by atoms with E-state index in [-0.39, 0.29) is 5.69 Å². The number of hydrogen-bond donors (Lipinski definition) is 2. The Bertz CT molecular complexity index is 706. The third kappa shape index (κ3) is 3.45. The second-order valence-electron chi connectivity index (χ2n) is 4.26. The third-order valence-electron chi connectivity index (χ3n) is 2.81. The van der Waals surface area contributed by atoms with E-state index in [9.17, 15) is 13.6 Å². The molecule has 1 unspecified atom stereocenters. The molecule has 0 fully saturated rings. The van der Waals surface area contributed by atoms with Gasteiger partial charge in [-0.2, -0.15) is 0 Å². The normalized spacial score (nSPS) is 12.2. The van der Waals surface area contributed by atoms with Gasteiger partial charge in [0.1, 0.15) is 11.6 Å². The fraction of sp³-hybridized carbons (Fsp3) is 0.154. The molecule has 8 heteroatoms. The zero-order valence-corrected chi connectivity index (χ0v) is 12.9. The first-order chi connectivity index (χ1) is 9.79. The predicted molar refractivity (Wildman–Crippen MR) is 79.7 cm³/mol. The van der Waals surface area contributed by atoms with Crippen LogP contribution >= 0.6 is 34.5 Å². The molecule has 0 amide bonds. The molecule has 1 aromatic heterocycles. The fourth-order valence-electron chi connectivity index (χ4n) is 1.78. The first-order valence-electron chi connectivity index (χ1n) is 5.73. The van der Waals surface area contributed by atoms with Crippen LogP contribution in [-0.4, -0.2) is 11.1 Å². The van der Waals surface area contributed by atoms with E-state index in [1.54, 1.807) is 13.0 Å². The first-order valence-corrected chi connectivity index (χ1v) is 7.30. The van der Waals surface area contributed by atoms with E-state index in [4.69, 9.17) is 28.3 Å². The number of benzene rings is 1. The number of anilines is 1. The van der Waals surface area contributed by atoms with Gasteiger partial charge >= 0.3 is 5.97 Å². The molecule has 1 aromatic carbocycles. The minimum absolute atomic E-state index is 0.125. The van der Waals surface area contributed by atoms with Crippen LogP contribution in [0.1, 0.15) is 28.9 Å². The maximum absolute atomic E-state index is 13.7. The number of carboxylic acid groups (broad SMARTS) is 1. The van der Waals surface area contributed by atoms with Crippen LogP contribution in [-0.2, 0) is 0 Å². The molecule has 2 aromatic rings. The summed E-state index contributed by atoms with van der Waals surface area (Å²) >= 11 is 13.0. The van der Waals surface area contributed by atoms with E-state index >= 15 is 0 Å². The van der Waals surface area contributed by atoms with E-state index in [0.29, 0.717) is 20.3 Å². The van der Waals surface area contributed by atoms with Crippen LogP contribution in [0.25, 0.3) is 0 Å². The Morgan fingerprint density at radius 1 is 1.29 bits per heavy atom. The highest BCUT2D eigenvalue weighted by Crippen LogP contribution is 2.36. The number of halogens is 4. The molecule has 0 saturated heterocycles. The summed E-state index contributed by atoms with van der Waals surface area (Å²) in [7, 11) is 0. The number of nitrogens with one attached hydrogen (secondary N) is 1. The van der Waals surface area contributed by atoms with Gasteiger partial charge in [-0.05, 0) is 19.1 Å². The van der Waals surface area contributed by atoms with Gasteiger partial charge < -0.3 is 10.4 Å². The van der Waals surface area contributed by atoms with Gasteiger partial charge in [0, 0.05) is 11.6 Å². The number of carboxylic acids is 1. The molecule has 21 heavy (non-hydrogen) atoms. The van der Waals surface area contributed by atoms with Crippen molar-refractivity contribution in [3.8, 4) is 0 Å². The smallest absolute Gasteiger partial charge is 0.338 e. The van der Waals surface area contributed by atoms with E-state index in [0.717, 1.165) is 6.07 Å². The van der Waals surface area contributed by atoms with Gasteiger partial charge in [-0.1, -0.05) is 23.2 Å². The lowest BCUT2D eigenvalue weighted by atomic mass is 10.1. The van der Waals surface area contributed by atoms with Gasteiger partial charge in [-0.3, -0.25) is 0 Å². The molecule has 112 valence electrons. The highest BCUT2D eigenvalue weighted by molar-refractivity contribution is 7.20. The number of aromatic carboxylic acids is 1. The van der Waals surface area contributed by atoms with E-state index < -0.39 is 29.2 Å². The summed E-state index contributed by atoms with van der Waals surface area (Å²) in [6.07, 6.45) is 0. The topological polar surface area (TPSA) is 49.3 Å². The lowest BCUT2D eigenvalue weighted by Gasteiger charge is -2.16. The quantitative estimate of drug-likeness (QED) is 0.795. The number of carbonyl (C=O) groups is 1. The molecule has 0 saturated carbocycles. The van der Waals surface area contributed by atoms with Gasteiger partial charge in [-0.25, -0.2) is 13.6 Å². The molecular weight excluding hydrogens is 343 g/mol. The summed E-state index contributed by atoms with van der Waals surface area (Å²) in [6, 6.07) is 2.64. The molecule has 0 radical (unpaired) electrons. The van der Waals surface area contributed by atoms with Crippen molar-refractivity contribution < 1.29 is 18.7 Å². The van der Waals surface area contributed by atoms with Crippen LogP contribution in [0, 0.1) is 11.6 Å². The van der Waals surface area contributed by atoms with Crippen molar-refractivity contribution in [3.05, 3.63) is 49.6 Å². The Morgan fingerprint density at radius 2 is 1.95 bits per heavy atom. The Balaban J connectivity index is 2.33. The Kier molecular flexibility index (Phi) is 4.70. The fourth-order valence-corrected chi connectivity index (χ4v) is 3.43. The molecular formula is C13H9Cl2F2NO2S. The van der Waals surface area contributed by atoms with Crippen molar-refractivity contribution in [1.82, 2.24) is 0 Å². The molecule has 0 aliphatic rings. The average Bonchev–Trinajstić information content (AvgIpc) is 2.71. The first kappa shape index (κ1) is 16.0. The number of hydrogen-bond acceptors (Lipinski definition) is 3. The summed E-state index contributed by atoms with van der Waals surface area (Å²) in [5.41, 5.74) is -0.0903. The predicted octanol–water partition coefficient (Wildman–Crippen LogP) is 5.20. The summed E-state index contributed by atoms with van der Waals surface area (Å²) in [5, 5.41) is 11.6. The van der Waals surface area contributed by atoms with Crippen LogP contribution < -0.4 is 5.32 Å². The molecule has 1 atom stereocenters. The van der Waals surface area contributed by atoms with Crippen LogP contribution in [0.4, 0.5) is 14.5 Å². The summed E-state index contributed by atoms with van der Waals surface area (Å²) < 4.78 is 28.0. The van der Waals surface area contributed by atoms with Crippen LogP contribution in [0.5, 0.6) is 0 Å². The highest BCUT2D eigenvalue weighted by atomic mass is 35.5. The highest BCUT2D eigenvalue weighted by Gasteiger charge is 2.18. The maximum Gasteiger partial charge on any atom is 0.338 e. The minimum atomic E-state index is -1.47. The van der Waals surface area contributed by atoms with Crippen molar-refractivity contribution >= 4 is 46.2 Å².